The highest BCUT2D eigenvalue weighted by Crippen LogP contribution is 2.13. The molecule has 0 spiro atoms. The zero-order chi connectivity index (χ0) is 13.1. The van der Waals surface area contributed by atoms with E-state index in [0.717, 1.165) is 32.0 Å². The molecule has 2 unspecified atom stereocenters. The van der Waals surface area contributed by atoms with Gasteiger partial charge in [-0.3, -0.25) is 4.90 Å². The molecule has 102 valence electrons. The number of piperazine rings is 1. The normalized spacial score (nSPS) is 24.3. The molecule has 5 heteroatoms. The van der Waals surface area contributed by atoms with Crippen LogP contribution in [0.3, 0.4) is 0 Å². The molecule has 1 aliphatic heterocycles. The van der Waals surface area contributed by atoms with Crippen LogP contribution in [0.15, 0.2) is 12.4 Å². The fourth-order valence-corrected chi connectivity index (χ4v) is 2.60. The minimum absolute atomic E-state index is 0.200. The van der Waals surface area contributed by atoms with Crippen LogP contribution >= 0.6 is 0 Å². The second-order valence-corrected chi connectivity index (χ2v) is 5.21. The number of hydrogen-bond donors (Lipinski definition) is 1. The van der Waals surface area contributed by atoms with Crippen molar-refractivity contribution in [3.63, 3.8) is 0 Å². The standard InChI is InChI=1S/C13H24N4O/c1-4-17-6-5-14-13(17)9-12(18)11-10-15(2)7-8-16(11)3/h5-6,11-12,18H,4,7-10H2,1-3H3. The van der Waals surface area contributed by atoms with Crippen LogP contribution in [0.1, 0.15) is 12.7 Å². The van der Waals surface area contributed by atoms with Gasteiger partial charge in [-0.2, -0.15) is 0 Å². The summed E-state index contributed by atoms with van der Waals surface area (Å²) in [4.78, 5) is 8.87. The summed E-state index contributed by atoms with van der Waals surface area (Å²) in [6, 6.07) is 0.200. The predicted molar refractivity (Wildman–Crippen MR) is 71.5 cm³/mol. The molecule has 0 bridgehead atoms. The van der Waals surface area contributed by atoms with Crippen LogP contribution in [-0.2, 0) is 13.0 Å². The van der Waals surface area contributed by atoms with Crippen molar-refractivity contribution in [1.29, 1.82) is 0 Å². The van der Waals surface area contributed by atoms with Gasteiger partial charge in [0, 0.05) is 51.0 Å². The number of aryl methyl sites for hydroxylation is 1. The number of aromatic nitrogens is 2. The molecule has 0 saturated carbocycles. The van der Waals surface area contributed by atoms with Crippen LogP contribution in [0.4, 0.5) is 0 Å². The molecule has 2 rings (SSSR count). The third-order valence-corrected chi connectivity index (χ3v) is 3.88. The van der Waals surface area contributed by atoms with E-state index in [-0.39, 0.29) is 12.1 Å². The molecular weight excluding hydrogens is 228 g/mol. The van der Waals surface area contributed by atoms with Crippen molar-refractivity contribution in [1.82, 2.24) is 19.4 Å². The molecule has 1 N–H and O–H groups in total. The highest BCUT2D eigenvalue weighted by molar-refractivity contribution is 4.97. The van der Waals surface area contributed by atoms with E-state index in [1.54, 1.807) is 0 Å². The Balaban J connectivity index is 2.00. The average Bonchev–Trinajstić information content (AvgIpc) is 2.79. The molecule has 1 aromatic heterocycles. The molecule has 1 aromatic rings. The van der Waals surface area contributed by atoms with E-state index in [2.05, 4.69) is 40.4 Å². The van der Waals surface area contributed by atoms with Crippen LogP contribution in [0, 0.1) is 0 Å². The summed E-state index contributed by atoms with van der Waals surface area (Å²) in [6.07, 6.45) is 4.05. The molecule has 0 amide bonds. The van der Waals surface area contributed by atoms with Crippen LogP contribution < -0.4 is 0 Å². The monoisotopic (exact) mass is 252 g/mol. The van der Waals surface area contributed by atoms with Crippen LogP contribution in [0.2, 0.25) is 0 Å². The zero-order valence-corrected chi connectivity index (χ0v) is 11.6. The Morgan fingerprint density at radius 1 is 1.44 bits per heavy atom. The predicted octanol–water partition coefficient (Wildman–Crippen LogP) is 0.0522. The first-order valence-electron chi connectivity index (χ1n) is 6.68. The van der Waals surface area contributed by atoms with E-state index >= 15 is 0 Å². The quantitative estimate of drug-likeness (QED) is 0.822. The van der Waals surface area contributed by atoms with Gasteiger partial charge in [-0.1, -0.05) is 0 Å². The molecule has 2 heterocycles. The third-order valence-electron chi connectivity index (χ3n) is 3.88. The van der Waals surface area contributed by atoms with E-state index < -0.39 is 0 Å². The number of nitrogens with zero attached hydrogens (tertiary/aromatic N) is 4. The van der Waals surface area contributed by atoms with Gasteiger partial charge in [0.25, 0.3) is 0 Å². The molecule has 18 heavy (non-hydrogen) atoms. The lowest BCUT2D eigenvalue weighted by Gasteiger charge is -2.40. The molecule has 1 saturated heterocycles. The van der Waals surface area contributed by atoms with Gasteiger partial charge in [0.2, 0.25) is 0 Å². The van der Waals surface area contributed by atoms with Gasteiger partial charge in [-0.25, -0.2) is 4.98 Å². The lowest BCUT2D eigenvalue weighted by molar-refractivity contribution is 0.0140. The fourth-order valence-electron chi connectivity index (χ4n) is 2.60. The zero-order valence-electron chi connectivity index (χ0n) is 11.6. The van der Waals surface area contributed by atoms with E-state index in [4.69, 9.17) is 0 Å². The summed E-state index contributed by atoms with van der Waals surface area (Å²) in [5.74, 6) is 0.978. The molecular formula is C13H24N4O. The first-order chi connectivity index (χ1) is 8.61. The SMILES string of the molecule is CCn1ccnc1CC(O)C1CN(C)CCN1C. The number of aliphatic hydroxyl groups excluding tert-OH is 1. The van der Waals surface area contributed by atoms with E-state index in [1.807, 2.05) is 12.4 Å². The molecule has 1 fully saturated rings. The molecule has 0 radical (unpaired) electrons. The smallest absolute Gasteiger partial charge is 0.111 e. The van der Waals surface area contributed by atoms with Crippen LogP contribution in [0.25, 0.3) is 0 Å². The summed E-state index contributed by atoms with van der Waals surface area (Å²) in [5, 5.41) is 10.4. The Kier molecular flexibility index (Phi) is 4.37. The maximum atomic E-state index is 10.4. The average molecular weight is 252 g/mol. The molecule has 2 atom stereocenters. The first-order valence-corrected chi connectivity index (χ1v) is 6.68. The molecule has 5 nitrogen and oxygen atoms in total. The lowest BCUT2D eigenvalue weighted by atomic mass is 10.0. The van der Waals surface area contributed by atoms with Crippen LogP contribution in [0.5, 0.6) is 0 Å². The van der Waals surface area contributed by atoms with Gasteiger partial charge in [0.05, 0.1) is 6.10 Å². The number of hydrogen-bond acceptors (Lipinski definition) is 4. The highest BCUT2D eigenvalue weighted by Gasteiger charge is 2.29. The summed E-state index contributed by atoms with van der Waals surface area (Å²) in [6.45, 7) is 6.01. The lowest BCUT2D eigenvalue weighted by Crippen LogP contribution is -2.55. The van der Waals surface area contributed by atoms with Crippen molar-refractivity contribution in [2.45, 2.75) is 32.0 Å². The Labute approximate surface area is 109 Å². The number of aliphatic hydroxyl groups is 1. The van der Waals surface area contributed by atoms with Gasteiger partial charge in [0.1, 0.15) is 5.82 Å². The van der Waals surface area contributed by atoms with Crippen molar-refractivity contribution >= 4 is 0 Å². The van der Waals surface area contributed by atoms with Crippen molar-refractivity contribution in [2.75, 3.05) is 33.7 Å². The van der Waals surface area contributed by atoms with Gasteiger partial charge in [0.15, 0.2) is 0 Å². The summed E-state index contributed by atoms with van der Waals surface area (Å²) in [7, 11) is 4.20. The van der Waals surface area contributed by atoms with Crippen molar-refractivity contribution in [3.8, 4) is 0 Å². The summed E-state index contributed by atoms with van der Waals surface area (Å²) in [5.41, 5.74) is 0. The van der Waals surface area contributed by atoms with Gasteiger partial charge < -0.3 is 14.6 Å². The topological polar surface area (TPSA) is 44.5 Å². The molecule has 0 aromatic carbocycles. The third kappa shape index (κ3) is 2.91. The summed E-state index contributed by atoms with van der Waals surface area (Å²) >= 11 is 0. The maximum absolute atomic E-state index is 10.4. The van der Waals surface area contributed by atoms with E-state index in [9.17, 15) is 5.11 Å². The van der Waals surface area contributed by atoms with Gasteiger partial charge in [-0.05, 0) is 21.0 Å². The van der Waals surface area contributed by atoms with E-state index in [1.165, 1.54) is 0 Å². The Hall–Kier alpha value is -0.910. The van der Waals surface area contributed by atoms with Crippen molar-refractivity contribution in [2.24, 2.45) is 0 Å². The maximum Gasteiger partial charge on any atom is 0.111 e. The largest absolute Gasteiger partial charge is 0.391 e. The molecule has 0 aliphatic carbocycles. The second-order valence-electron chi connectivity index (χ2n) is 5.21. The minimum Gasteiger partial charge on any atom is -0.391 e. The second kappa shape index (κ2) is 5.82. The number of likely N-dealkylation sites (N-methyl/N-ethyl adjacent to an activating group) is 2. The highest BCUT2D eigenvalue weighted by atomic mass is 16.3. The fraction of sp³-hybridized carbons (Fsp3) is 0.769. The first kappa shape index (κ1) is 13.5. The van der Waals surface area contributed by atoms with Gasteiger partial charge >= 0.3 is 0 Å². The van der Waals surface area contributed by atoms with Crippen molar-refractivity contribution < 1.29 is 5.11 Å². The van der Waals surface area contributed by atoms with Crippen LogP contribution in [-0.4, -0.2) is 70.3 Å². The number of imidazole rings is 1. The molecule has 1 aliphatic rings. The minimum atomic E-state index is -0.356. The van der Waals surface area contributed by atoms with Crippen molar-refractivity contribution in [3.05, 3.63) is 18.2 Å². The summed E-state index contributed by atoms with van der Waals surface area (Å²) < 4.78 is 2.09. The van der Waals surface area contributed by atoms with E-state index in [0.29, 0.717) is 6.42 Å². The van der Waals surface area contributed by atoms with Gasteiger partial charge in [-0.15, -0.1) is 0 Å². The Morgan fingerprint density at radius 2 is 2.22 bits per heavy atom. The number of rotatable bonds is 4. The Morgan fingerprint density at radius 3 is 2.94 bits per heavy atom. The Bertz CT molecular complexity index is 379.